The molecule has 0 saturated carbocycles. The van der Waals surface area contributed by atoms with Gasteiger partial charge in [0.15, 0.2) is 6.10 Å². The van der Waals surface area contributed by atoms with Crippen molar-refractivity contribution in [1.82, 2.24) is 0 Å². The number of esters is 2. The van der Waals surface area contributed by atoms with E-state index < -0.39 is 6.10 Å². The molecule has 0 aromatic heterocycles. The molecule has 5 heteroatoms. The highest BCUT2D eigenvalue weighted by Gasteiger charge is 2.16. The first-order chi connectivity index (χ1) is 28.6. The maximum absolute atomic E-state index is 12.2. The molecule has 1 unspecified atom stereocenters. The van der Waals surface area contributed by atoms with Gasteiger partial charge < -0.3 is 14.6 Å². The van der Waals surface area contributed by atoms with Gasteiger partial charge in [-0.1, -0.05) is 284 Å². The molecule has 346 valence electrons. The summed E-state index contributed by atoms with van der Waals surface area (Å²) < 4.78 is 10.6. The number of ether oxygens (including phenoxy) is 2. The largest absolute Gasteiger partial charge is 0.462 e. The minimum Gasteiger partial charge on any atom is -0.462 e. The van der Waals surface area contributed by atoms with Crippen LogP contribution in [0.5, 0.6) is 0 Å². The third kappa shape index (κ3) is 47.6. The number of aliphatic hydroxyl groups is 1. The Morgan fingerprint density at radius 3 is 0.759 bits per heavy atom. The molecule has 0 spiro atoms. The van der Waals surface area contributed by atoms with Gasteiger partial charge in [-0.05, 0) is 12.8 Å². The molecule has 0 saturated heterocycles. The van der Waals surface area contributed by atoms with Gasteiger partial charge in [-0.3, -0.25) is 9.59 Å². The fraction of sp³-hybridized carbons (Fsp3) is 0.962. The average molecular weight is 821 g/mol. The molecule has 5 nitrogen and oxygen atoms in total. The Bertz CT molecular complexity index is 799. The summed E-state index contributed by atoms with van der Waals surface area (Å²) >= 11 is 0. The second-order valence-electron chi connectivity index (χ2n) is 18.3. The summed E-state index contributed by atoms with van der Waals surface area (Å²) in [4.78, 5) is 24.3. The Labute approximate surface area is 363 Å². The Kier molecular flexibility index (Phi) is 49.3. The van der Waals surface area contributed by atoms with Crippen LogP contribution in [0.1, 0.15) is 309 Å². The number of unbranched alkanes of at least 4 members (excludes halogenated alkanes) is 42. The Morgan fingerprint density at radius 1 is 0.328 bits per heavy atom. The van der Waals surface area contributed by atoms with Crippen LogP contribution in [0.15, 0.2) is 0 Å². The van der Waals surface area contributed by atoms with Crippen LogP contribution < -0.4 is 0 Å². The molecule has 0 rings (SSSR count). The number of carbonyl (C=O) groups excluding carboxylic acids is 2. The lowest BCUT2D eigenvalue weighted by Gasteiger charge is -2.15. The van der Waals surface area contributed by atoms with E-state index in [1.54, 1.807) is 0 Å². The maximum atomic E-state index is 12.2. The highest BCUT2D eigenvalue weighted by molar-refractivity contribution is 5.70. The van der Waals surface area contributed by atoms with Crippen LogP contribution in [0, 0.1) is 0 Å². The van der Waals surface area contributed by atoms with Gasteiger partial charge >= 0.3 is 11.9 Å². The molecule has 0 aromatic carbocycles. The standard InChI is InChI=1S/C53H104O5/c1-3-5-7-9-11-13-15-16-17-18-19-20-21-22-23-24-25-26-27-28-29-30-31-32-33-34-35-36-38-40-42-44-46-48-53(56)58-51(49-54)50-57-52(55)47-45-43-41-39-37-14-12-10-8-6-4-2/h51,54H,3-50H2,1-2H3. The fourth-order valence-electron chi connectivity index (χ4n) is 8.38. The first kappa shape index (κ1) is 56.9. The number of rotatable bonds is 50. The van der Waals surface area contributed by atoms with Crippen molar-refractivity contribution in [2.75, 3.05) is 13.2 Å². The number of aliphatic hydroxyl groups excluding tert-OH is 1. The van der Waals surface area contributed by atoms with E-state index in [1.165, 1.54) is 250 Å². The van der Waals surface area contributed by atoms with E-state index in [2.05, 4.69) is 13.8 Å². The molecule has 58 heavy (non-hydrogen) atoms. The van der Waals surface area contributed by atoms with Gasteiger partial charge in [0.25, 0.3) is 0 Å². The van der Waals surface area contributed by atoms with Crippen molar-refractivity contribution in [3.8, 4) is 0 Å². The van der Waals surface area contributed by atoms with Crippen LogP contribution in [0.3, 0.4) is 0 Å². The smallest absolute Gasteiger partial charge is 0.306 e. The van der Waals surface area contributed by atoms with E-state index >= 15 is 0 Å². The predicted molar refractivity (Wildman–Crippen MR) is 252 cm³/mol. The predicted octanol–water partition coefficient (Wildman–Crippen LogP) is 17.4. The molecule has 0 radical (unpaired) electrons. The number of hydrogen-bond donors (Lipinski definition) is 1. The molecular formula is C53H104O5. The van der Waals surface area contributed by atoms with Gasteiger partial charge in [0.1, 0.15) is 6.61 Å². The van der Waals surface area contributed by atoms with E-state index in [1.807, 2.05) is 0 Å². The maximum Gasteiger partial charge on any atom is 0.306 e. The van der Waals surface area contributed by atoms with Gasteiger partial charge in [0.2, 0.25) is 0 Å². The normalized spacial score (nSPS) is 12.0. The summed E-state index contributed by atoms with van der Waals surface area (Å²) in [7, 11) is 0. The van der Waals surface area contributed by atoms with Crippen molar-refractivity contribution in [2.45, 2.75) is 315 Å². The van der Waals surface area contributed by atoms with Crippen molar-refractivity contribution in [3.63, 3.8) is 0 Å². The Balaban J connectivity index is 3.33. The van der Waals surface area contributed by atoms with Gasteiger partial charge in [-0.15, -0.1) is 0 Å². The molecule has 0 aromatic rings. The zero-order chi connectivity index (χ0) is 42.1. The highest BCUT2D eigenvalue weighted by Crippen LogP contribution is 2.18. The topological polar surface area (TPSA) is 72.8 Å². The van der Waals surface area contributed by atoms with Crippen LogP contribution in [0.2, 0.25) is 0 Å². The third-order valence-electron chi connectivity index (χ3n) is 12.4. The molecule has 0 heterocycles. The van der Waals surface area contributed by atoms with Crippen molar-refractivity contribution < 1.29 is 24.2 Å². The van der Waals surface area contributed by atoms with Crippen LogP contribution >= 0.6 is 0 Å². The molecule has 0 bridgehead atoms. The molecule has 0 amide bonds. The van der Waals surface area contributed by atoms with Crippen LogP contribution in [0.25, 0.3) is 0 Å². The monoisotopic (exact) mass is 821 g/mol. The Hall–Kier alpha value is -1.10. The average Bonchev–Trinajstić information content (AvgIpc) is 3.23. The van der Waals surface area contributed by atoms with Crippen LogP contribution in [-0.4, -0.2) is 36.4 Å². The Morgan fingerprint density at radius 2 is 0.534 bits per heavy atom. The molecule has 0 aliphatic rings. The zero-order valence-corrected chi connectivity index (χ0v) is 39.6. The summed E-state index contributed by atoms with van der Waals surface area (Å²) in [5.74, 6) is -0.571. The van der Waals surface area contributed by atoms with E-state index in [0.29, 0.717) is 12.8 Å². The SMILES string of the molecule is CCCCCCCCCCCCCCCCCCCCCCCCCCCCCCCCCCCC(=O)OC(CO)COC(=O)CCCCCCCCCCCCC. The third-order valence-corrected chi connectivity index (χ3v) is 12.4. The van der Waals surface area contributed by atoms with Crippen molar-refractivity contribution in [3.05, 3.63) is 0 Å². The molecule has 0 fully saturated rings. The number of hydrogen-bond acceptors (Lipinski definition) is 5. The fourth-order valence-corrected chi connectivity index (χ4v) is 8.38. The quantitative estimate of drug-likeness (QED) is 0.0489. The summed E-state index contributed by atoms with van der Waals surface area (Å²) in [6, 6.07) is 0. The zero-order valence-electron chi connectivity index (χ0n) is 39.6. The molecule has 0 aliphatic carbocycles. The van der Waals surface area contributed by atoms with E-state index in [9.17, 15) is 14.7 Å². The van der Waals surface area contributed by atoms with Crippen molar-refractivity contribution >= 4 is 11.9 Å². The first-order valence-electron chi connectivity index (χ1n) is 26.6. The minimum atomic E-state index is -0.762. The minimum absolute atomic E-state index is 0.0568. The lowest BCUT2D eigenvalue weighted by atomic mass is 10.0. The number of carbonyl (C=O) groups is 2. The highest BCUT2D eigenvalue weighted by atomic mass is 16.6. The molecule has 1 atom stereocenters. The first-order valence-corrected chi connectivity index (χ1v) is 26.6. The van der Waals surface area contributed by atoms with Gasteiger partial charge in [-0.25, -0.2) is 0 Å². The van der Waals surface area contributed by atoms with E-state index in [4.69, 9.17) is 9.47 Å². The summed E-state index contributed by atoms with van der Waals surface area (Å²) in [6.45, 7) is 4.18. The van der Waals surface area contributed by atoms with Gasteiger partial charge in [0.05, 0.1) is 6.61 Å². The van der Waals surface area contributed by atoms with E-state index in [0.717, 1.165) is 32.1 Å². The van der Waals surface area contributed by atoms with Crippen molar-refractivity contribution in [2.24, 2.45) is 0 Å². The summed E-state index contributed by atoms with van der Waals surface area (Å²) in [5, 5.41) is 9.59. The van der Waals surface area contributed by atoms with Gasteiger partial charge in [-0.2, -0.15) is 0 Å². The molecule has 0 aliphatic heterocycles. The van der Waals surface area contributed by atoms with Crippen molar-refractivity contribution in [1.29, 1.82) is 0 Å². The van der Waals surface area contributed by atoms with E-state index in [-0.39, 0.29) is 25.2 Å². The van der Waals surface area contributed by atoms with Crippen LogP contribution in [-0.2, 0) is 19.1 Å². The summed E-state index contributed by atoms with van der Waals surface area (Å²) in [6.07, 6.45) is 59.5. The second kappa shape index (κ2) is 50.3. The van der Waals surface area contributed by atoms with Gasteiger partial charge in [0, 0.05) is 12.8 Å². The summed E-state index contributed by atoms with van der Waals surface area (Å²) in [5.41, 5.74) is 0. The lowest BCUT2D eigenvalue weighted by Crippen LogP contribution is -2.28. The second-order valence-corrected chi connectivity index (χ2v) is 18.3. The molecule has 1 N–H and O–H groups in total. The lowest BCUT2D eigenvalue weighted by molar-refractivity contribution is -0.161. The van der Waals surface area contributed by atoms with Crippen LogP contribution in [0.4, 0.5) is 0 Å². The molecular weight excluding hydrogens is 717 g/mol.